The average Bonchev–Trinajstić information content (AvgIpc) is 2.07. The van der Waals surface area contributed by atoms with Crippen LogP contribution in [0.5, 0.6) is 0 Å². The monoisotopic (exact) mass is 169 g/mol. The Morgan fingerprint density at radius 2 is 2.17 bits per heavy atom. The van der Waals surface area contributed by atoms with Gasteiger partial charge >= 0.3 is 0 Å². The van der Waals surface area contributed by atoms with Crippen LogP contribution in [-0.2, 0) is 4.74 Å². The summed E-state index contributed by atoms with van der Waals surface area (Å²) in [6, 6.07) is 0. The van der Waals surface area contributed by atoms with E-state index in [1.807, 2.05) is 6.21 Å². The molecule has 0 aliphatic heterocycles. The van der Waals surface area contributed by atoms with E-state index in [4.69, 9.17) is 4.74 Å². The Kier molecular flexibility index (Phi) is 6.67. The molecule has 0 aromatic rings. The van der Waals surface area contributed by atoms with Gasteiger partial charge in [0.15, 0.2) is 0 Å². The summed E-state index contributed by atoms with van der Waals surface area (Å²) in [7, 11) is 3.52. The molecule has 0 N–H and O–H groups in total. The molecule has 0 aliphatic carbocycles. The van der Waals surface area contributed by atoms with E-state index in [0.717, 1.165) is 12.8 Å². The second kappa shape index (κ2) is 7.04. The second-order valence-electron chi connectivity index (χ2n) is 2.63. The Morgan fingerprint density at radius 1 is 1.50 bits per heavy atom. The fourth-order valence-corrected chi connectivity index (χ4v) is 1.19. The van der Waals surface area contributed by atoms with Crippen molar-refractivity contribution in [2.45, 2.75) is 32.8 Å². The maximum absolute atomic E-state index is 5.31. The Hall–Kier alpha value is -0.630. The molecule has 0 aromatic heterocycles. The van der Waals surface area contributed by atoms with E-state index in [1.54, 1.807) is 14.2 Å². The second-order valence-corrected chi connectivity index (χ2v) is 2.63. The zero-order valence-corrected chi connectivity index (χ0v) is 8.50. The maximum atomic E-state index is 5.31. The standard InChI is InChI=1S/C10H19NO/c1-5-7-9(8-11-3)10(6-2)12-4/h7-8,10H,5-6H2,1-4H3/b9-7+,11-8?. The summed E-state index contributed by atoms with van der Waals surface area (Å²) in [4.78, 5) is 4.00. The molecule has 0 aliphatic rings. The SMILES string of the molecule is CC/C=C(\C=NC)C(CC)OC. The molecular formula is C10H19NO. The van der Waals surface area contributed by atoms with Gasteiger partial charge < -0.3 is 4.74 Å². The molecule has 1 unspecified atom stereocenters. The van der Waals surface area contributed by atoms with E-state index in [1.165, 1.54) is 5.57 Å². The van der Waals surface area contributed by atoms with Crippen LogP contribution in [0, 0.1) is 0 Å². The lowest BCUT2D eigenvalue weighted by Gasteiger charge is -2.13. The molecule has 0 spiro atoms. The molecule has 0 rings (SSSR count). The third-order valence-corrected chi connectivity index (χ3v) is 1.75. The molecule has 2 nitrogen and oxygen atoms in total. The van der Waals surface area contributed by atoms with Crippen molar-refractivity contribution >= 4 is 6.21 Å². The summed E-state index contributed by atoms with van der Waals surface area (Å²) in [5, 5.41) is 0. The molecule has 2 heteroatoms. The molecule has 0 heterocycles. The number of hydrogen-bond acceptors (Lipinski definition) is 2. The Labute approximate surface area is 75.3 Å². The van der Waals surface area contributed by atoms with Gasteiger partial charge in [-0.3, -0.25) is 4.99 Å². The van der Waals surface area contributed by atoms with Crippen LogP contribution in [0.3, 0.4) is 0 Å². The smallest absolute Gasteiger partial charge is 0.0830 e. The highest BCUT2D eigenvalue weighted by Crippen LogP contribution is 2.08. The van der Waals surface area contributed by atoms with Crippen LogP contribution in [0.4, 0.5) is 0 Å². The molecule has 12 heavy (non-hydrogen) atoms. The van der Waals surface area contributed by atoms with E-state index in [2.05, 4.69) is 24.9 Å². The van der Waals surface area contributed by atoms with Crippen LogP contribution < -0.4 is 0 Å². The van der Waals surface area contributed by atoms with Crippen molar-refractivity contribution in [3.8, 4) is 0 Å². The summed E-state index contributed by atoms with van der Waals surface area (Å²) in [6.45, 7) is 4.23. The molecule has 0 amide bonds. The molecule has 0 fully saturated rings. The maximum Gasteiger partial charge on any atom is 0.0830 e. The van der Waals surface area contributed by atoms with Crippen molar-refractivity contribution in [2.24, 2.45) is 4.99 Å². The van der Waals surface area contributed by atoms with Crippen molar-refractivity contribution in [3.63, 3.8) is 0 Å². The first-order valence-electron chi connectivity index (χ1n) is 4.45. The zero-order valence-electron chi connectivity index (χ0n) is 8.50. The van der Waals surface area contributed by atoms with Gasteiger partial charge in [-0.2, -0.15) is 0 Å². The fraction of sp³-hybridized carbons (Fsp3) is 0.700. The molecule has 0 saturated heterocycles. The van der Waals surface area contributed by atoms with Gasteiger partial charge in [-0.1, -0.05) is 19.9 Å². The zero-order chi connectivity index (χ0) is 9.40. The van der Waals surface area contributed by atoms with Crippen molar-refractivity contribution in [1.29, 1.82) is 0 Å². The van der Waals surface area contributed by atoms with Gasteiger partial charge in [0.1, 0.15) is 0 Å². The van der Waals surface area contributed by atoms with Gasteiger partial charge in [-0.05, 0) is 18.4 Å². The Bertz CT molecular complexity index is 157. The summed E-state index contributed by atoms with van der Waals surface area (Å²) >= 11 is 0. The molecule has 0 radical (unpaired) electrons. The quantitative estimate of drug-likeness (QED) is 0.579. The number of hydrogen-bond donors (Lipinski definition) is 0. The van der Waals surface area contributed by atoms with Crippen molar-refractivity contribution in [2.75, 3.05) is 14.2 Å². The lowest BCUT2D eigenvalue weighted by molar-refractivity contribution is 0.133. The molecule has 0 bridgehead atoms. The van der Waals surface area contributed by atoms with Gasteiger partial charge in [-0.25, -0.2) is 0 Å². The summed E-state index contributed by atoms with van der Waals surface area (Å²) in [6.07, 6.45) is 6.26. The van der Waals surface area contributed by atoms with Gasteiger partial charge in [0.05, 0.1) is 6.10 Å². The summed E-state index contributed by atoms with van der Waals surface area (Å²) in [5.41, 5.74) is 1.19. The third kappa shape index (κ3) is 3.67. The van der Waals surface area contributed by atoms with E-state index in [0.29, 0.717) is 0 Å². The van der Waals surface area contributed by atoms with E-state index in [-0.39, 0.29) is 6.10 Å². The fourth-order valence-electron chi connectivity index (χ4n) is 1.19. The highest BCUT2D eigenvalue weighted by molar-refractivity contribution is 5.79. The lowest BCUT2D eigenvalue weighted by atomic mass is 10.1. The Balaban J connectivity index is 4.36. The number of ether oxygens (including phenoxy) is 1. The van der Waals surface area contributed by atoms with Gasteiger partial charge in [-0.15, -0.1) is 0 Å². The molecule has 0 aromatic carbocycles. The van der Waals surface area contributed by atoms with Crippen LogP contribution >= 0.6 is 0 Å². The first-order chi connectivity index (χ1) is 5.79. The van der Waals surface area contributed by atoms with Crippen LogP contribution in [0.2, 0.25) is 0 Å². The van der Waals surface area contributed by atoms with Gasteiger partial charge in [0, 0.05) is 20.4 Å². The number of allylic oxidation sites excluding steroid dienone is 1. The van der Waals surface area contributed by atoms with Crippen LogP contribution in [-0.4, -0.2) is 26.5 Å². The average molecular weight is 169 g/mol. The molecule has 1 atom stereocenters. The number of methoxy groups -OCH3 is 1. The minimum absolute atomic E-state index is 0.202. The molecule has 0 saturated carbocycles. The number of nitrogens with zero attached hydrogens (tertiary/aromatic N) is 1. The topological polar surface area (TPSA) is 21.6 Å². The van der Waals surface area contributed by atoms with Crippen LogP contribution in [0.25, 0.3) is 0 Å². The first kappa shape index (κ1) is 11.4. The third-order valence-electron chi connectivity index (χ3n) is 1.75. The summed E-state index contributed by atoms with van der Waals surface area (Å²) in [5.74, 6) is 0. The first-order valence-corrected chi connectivity index (χ1v) is 4.45. The van der Waals surface area contributed by atoms with Crippen molar-refractivity contribution in [1.82, 2.24) is 0 Å². The Morgan fingerprint density at radius 3 is 2.50 bits per heavy atom. The molecular weight excluding hydrogens is 150 g/mol. The van der Waals surface area contributed by atoms with Crippen LogP contribution in [0.1, 0.15) is 26.7 Å². The van der Waals surface area contributed by atoms with E-state index in [9.17, 15) is 0 Å². The summed E-state index contributed by atoms with van der Waals surface area (Å²) < 4.78 is 5.31. The minimum Gasteiger partial charge on any atom is -0.377 e. The van der Waals surface area contributed by atoms with Crippen molar-refractivity contribution in [3.05, 3.63) is 11.6 Å². The predicted molar refractivity (Wildman–Crippen MR) is 53.9 cm³/mol. The van der Waals surface area contributed by atoms with Gasteiger partial charge in [0.25, 0.3) is 0 Å². The van der Waals surface area contributed by atoms with Crippen LogP contribution in [0.15, 0.2) is 16.6 Å². The minimum atomic E-state index is 0.202. The highest BCUT2D eigenvalue weighted by Gasteiger charge is 2.07. The normalized spacial score (nSPS) is 15.5. The van der Waals surface area contributed by atoms with Crippen molar-refractivity contribution < 1.29 is 4.74 Å². The van der Waals surface area contributed by atoms with Gasteiger partial charge in [0.2, 0.25) is 0 Å². The highest BCUT2D eigenvalue weighted by atomic mass is 16.5. The van der Waals surface area contributed by atoms with E-state index < -0.39 is 0 Å². The molecule has 70 valence electrons. The number of aliphatic imine (C=N–C) groups is 1. The number of rotatable bonds is 5. The lowest BCUT2D eigenvalue weighted by Crippen LogP contribution is -2.13. The van der Waals surface area contributed by atoms with E-state index >= 15 is 0 Å². The predicted octanol–water partition coefficient (Wildman–Crippen LogP) is 2.45. The largest absolute Gasteiger partial charge is 0.377 e.